The predicted molar refractivity (Wildman–Crippen MR) is 121 cm³/mol. The fourth-order valence-corrected chi connectivity index (χ4v) is 5.20. The van der Waals surface area contributed by atoms with Crippen LogP contribution in [-0.4, -0.2) is 33.2 Å². The molecule has 0 spiro atoms. The highest BCUT2D eigenvalue weighted by Gasteiger charge is 2.33. The molecular weight excluding hydrogens is 459 g/mol. The Bertz CT molecular complexity index is 1300. The van der Waals surface area contributed by atoms with Gasteiger partial charge < -0.3 is 9.84 Å². The second kappa shape index (κ2) is 8.87. The number of halogens is 3. The quantitative estimate of drug-likeness (QED) is 0.247. The van der Waals surface area contributed by atoms with Gasteiger partial charge in [-0.1, -0.05) is 30.8 Å². The molecule has 0 atom stereocenters. The van der Waals surface area contributed by atoms with Crippen molar-refractivity contribution in [3.63, 3.8) is 0 Å². The number of rotatable bonds is 6. The normalized spacial score (nSPS) is 12.5. The van der Waals surface area contributed by atoms with Crippen molar-refractivity contribution in [1.82, 2.24) is 15.2 Å². The van der Waals surface area contributed by atoms with Crippen LogP contribution in [0.1, 0.15) is 28.5 Å². The number of hydrogen-bond acceptors (Lipinski definition) is 6. The van der Waals surface area contributed by atoms with Crippen molar-refractivity contribution in [1.29, 1.82) is 0 Å². The van der Waals surface area contributed by atoms with Gasteiger partial charge in [0, 0.05) is 11.0 Å². The van der Waals surface area contributed by atoms with Crippen LogP contribution >= 0.6 is 23.1 Å². The number of alkyl halides is 3. The maximum atomic E-state index is 13.8. The summed E-state index contributed by atoms with van der Waals surface area (Å²) in [6, 6.07) is 9.18. The maximum absolute atomic E-state index is 13.8. The van der Waals surface area contributed by atoms with E-state index in [0.717, 1.165) is 22.7 Å². The first-order valence-electron chi connectivity index (χ1n) is 9.53. The van der Waals surface area contributed by atoms with E-state index in [4.69, 9.17) is 4.74 Å². The summed E-state index contributed by atoms with van der Waals surface area (Å²) >= 11 is 2.69. The summed E-state index contributed by atoms with van der Waals surface area (Å²) in [5.41, 5.74) is 0.991. The van der Waals surface area contributed by atoms with E-state index in [2.05, 4.69) is 15.2 Å². The fraction of sp³-hybridized carbons (Fsp3) is 0.182. The van der Waals surface area contributed by atoms with Crippen molar-refractivity contribution in [2.45, 2.75) is 17.4 Å². The standard InChI is InChI=1S/C22H18F3N3O2S2/c1-3-31-21-27-20(29)19(32-21)16(12-5-7-18-14(8-12)11-26-28-18)9-13-4-6-15(30-2)10-17(13)22(23,24)25/h4-11,29H,3H2,1-2H3,(H,26,28). The maximum Gasteiger partial charge on any atom is 0.417 e. The number of ether oxygens (including phenoxy) is 1. The minimum Gasteiger partial charge on any atom is -0.497 e. The SMILES string of the molecule is CCSc1nc(O)c(C(=Cc2ccc(OC)cc2C(F)(F)F)c2ccc3[nH]ncc3c2)s1. The molecule has 2 heterocycles. The molecule has 0 saturated heterocycles. The van der Waals surface area contributed by atoms with E-state index in [9.17, 15) is 18.3 Å². The number of thioether (sulfide) groups is 1. The first-order valence-corrected chi connectivity index (χ1v) is 11.3. The van der Waals surface area contributed by atoms with Crippen LogP contribution in [0.4, 0.5) is 13.2 Å². The van der Waals surface area contributed by atoms with E-state index < -0.39 is 11.7 Å². The van der Waals surface area contributed by atoms with E-state index in [-0.39, 0.29) is 17.2 Å². The molecular formula is C22H18F3N3O2S2. The van der Waals surface area contributed by atoms with Gasteiger partial charge in [-0.25, -0.2) is 0 Å². The number of nitrogens with zero attached hydrogens (tertiary/aromatic N) is 2. The summed E-state index contributed by atoms with van der Waals surface area (Å²) in [5.74, 6) is 0.646. The second-order valence-electron chi connectivity index (χ2n) is 6.75. The molecule has 4 aromatic rings. The molecule has 0 saturated carbocycles. The lowest BCUT2D eigenvalue weighted by molar-refractivity contribution is -0.137. The summed E-state index contributed by atoms with van der Waals surface area (Å²) in [6.45, 7) is 1.96. The third kappa shape index (κ3) is 4.46. The van der Waals surface area contributed by atoms with Crippen LogP contribution in [0.2, 0.25) is 0 Å². The Labute approximate surface area is 190 Å². The number of aromatic nitrogens is 3. The molecule has 0 radical (unpaired) electrons. The van der Waals surface area contributed by atoms with Gasteiger partial charge in [0.25, 0.3) is 0 Å². The molecule has 0 aliphatic rings. The zero-order valence-corrected chi connectivity index (χ0v) is 18.7. The lowest BCUT2D eigenvalue weighted by Gasteiger charge is -2.14. The van der Waals surface area contributed by atoms with Crippen LogP contribution in [0.15, 0.2) is 46.9 Å². The highest BCUT2D eigenvalue weighted by Crippen LogP contribution is 2.42. The number of nitrogens with one attached hydrogen (secondary N) is 1. The Hall–Kier alpha value is -2.98. The molecule has 4 rings (SSSR count). The molecule has 0 amide bonds. The fourth-order valence-electron chi connectivity index (χ4n) is 3.23. The molecule has 166 valence electrons. The van der Waals surface area contributed by atoms with Crippen LogP contribution in [0.25, 0.3) is 22.6 Å². The highest BCUT2D eigenvalue weighted by atomic mass is 32.2. The summed E-state index contributed by atoms with van der Waals surface area (Å²) in [5, 5.41) is 18.2. The van der Waals surface area contributed by atoms with Crippen molar-refractivity contribution in [3.05, 3.63) is 64.2 Å². The zero-order chi connectivity index (χ0) is 22.9. The average molecular weight is 478 g/mol. The van der Waals surface area contributed by atoms with Gasteiger partial charge in [0.2, 0.25) is 5.88 Å². The monoisotopic (exact) mass is 477 g/mol. The van der Waals surface area contributed by atoms with Crippen LogP contribution in [-0.2, 0) is 6.18 Å². The number of methoxy groups -OCH3 is 1. The molecule has 0 aliphatic carbocycles. The van der Waals surface area contributed by atoms with E-state index in [0.29, 0.717) is 20.4 Å². The summed E-state index contributed by atoms with van der Waals surface area (Å²) in [6.07, 6.45) is -1.52. The minimum atomic E-state index is -4.58. The first-order chi connectivity index (χ1) is 15.3. The zero-order valence-electron chi connectivity index (χ0n) is 17.0. The van der Waals surface area contributed by atoms with Crippen LogP contribution in [0.5, 0.6) is 11.6 Å². The molecule has 10 heteroatoms. The summed E-state index contributed by atoms with van der Waals surface area (Å²) in [7, 11) is 1.32. The van der Waals surface area contributed by atoms with Crippen LogP contribution in [0, 0.1) is 0 Å². The molecule has 0 aliphatic heterocycles. The van der Waals surface area contributed by atoms with E-state index in [1.165, 1.54) is 48.4 Å². The Morgan fingerprint density at radius 1 is 1.25 bits per heavy atom. The Balaban J connectivity index is 1.95. The number of H-pyrrole nitrogens is 1. The Morgan fingerprint density at radius 3 is 2.78 bits per heavy atom. The van der Waals surface area contributed by atoms with Crippen molar-refractivity contribution >= 4 is 45.7 Å². The van der Waals surface area contributed by atoms with Gasteiger partial charge in [0.05, 0.1) is 29.3 Å². The summed E-state index contributed by atoms with van der Waals surface area (Å²) in [4.78, 5) is 4.57. The van der Waals surface area contributed by atoms with Crippen LogP contribution in [0.3, 0.4) is 0 Å². The van der Waals surface area contributed by atoms with Gasteiger partial charge in [-0.15, -0.1) is 11.3 Å². The Morgan fingerprint density at radius 2 is 2.06 bits per heavy atom. The van der Waals surface area contributed by atoms with E-state index in [1.807, 2.05) is 13.0 Å². The van der Waals surface area contributed by atoms with Gasteiger partial charge in [0.15, 0.2) is 4.34 Å². The topological polar surface area (TPSA) is 71.0 Å². The van der Waals surface area contributed by atoms with Gasteiger partial charge in [-0.3, -0.25) is 5.10 Å². The van der Waals surface area contributed by atoms with Crippen molar-refractivity contribution < 1.29 is 23.0 Å². The molecule has 2 aromatic carbocycles. The van der Waals surface area contributed by atoms with Crippen molar-refractivity contribution in [2.75, 3.05) is 12.9 Å². The molecule has 32 heavy (non-hydrogen) atoms. The molecule has 0 bridgehead atoms. The first kappa shape index (κ1) is 22.2. The largest absolute Gasteiger partial charge is 0.497 e. The smallest absolute Gasteiger partial charge is 0.417 e. The molecule has 2 aromatic heterocycles. The number of fused-ring (bicyclic) bond motifs is 1. The van der Waals surface area contributed by atoms with Gasteiger partial charge in [-0.2, -0.15) is 23.3 Å². The summed E-state index contributed by atoms with van der Waals surface area (Å²) < 4.78 is 47.1. The van der Waals surface area contributed by atoms with Crippen LogP contribution < -0.4 is 4.74 Å². The molecule has 5 nitrogen and oxygen atoms in total. The third-order valence-corrected chi connectivity index (χ3v) is 6.82. The molecule has 0 fully saturated rings. The van der Waals surface area contributed by atoms with Crippen molar-refractivity contribution in [2.24, 2.45) is 0 Å². The number of aromatic hydroxyl groups is 1. The minimum absolute atomic E-state index is 0.0434. The molecule has 2 N–H and O–H groups in total. The number of benzene rings is 2. The predicted octanol–water partition coefficient (Wildman–Crippen LogP) is 6.45. The number of aromatic amines is 1. The van der Waals surface area contributed by atoms with Gasteiger partial charge in [-0.05, 0) is 47.2 Å². The van der Waals surface area contributed by atoms with E-state index in [1.54, 1.807) is 18.3 Å². The average Bonchev–Trinajstić information content (AvgIpc) is 3.37. The lowest BCUT2D eigenvalue weighted by atomic mass is 9.97. The second-order valence-corrected chi connectivity index (χ2v) is 9.26. The van der Waals surface area contributed by atoms with Gasteiger partial charge in [0.1, 0.15) is 5.75 Å². The number of thiazole rings is 1. The van der Waals surface area contributed by atoms with Crippen molar-refractivity contribution in [3.8, 4) is 11.6 Å². The third-order valence-electron chi connectivity index (χ3n) is 4.72. The van der Waals surface area contributed by atoms with E-state index >= 15 is 0 Å². The highest BCUT2D eigenvalue weighted by molar-refractivity contribution is 8.01. The lowest BCUT2D eigenvalue weighted by Crippen LogP contribution is -2.08. The number of hydrogen-bond donors (Lipinski definition) is 2. The van der Waals surface area contributed by atoms with Gasteiger partial charge >= 0.3 is 6.18 Å². The Kier molecular flexibility index (Phi) is 6.16. The molecule has 0 unspecified atom stereocenters.